The normalized spacial score (nSPS) is 16.5. The average molecular weight is 219 g/mol. The molecule has 0 spiro atoms. The van der Waals surface area contributed by atoms with E-state index in [2.05, 4.69) is 4.99 Å². The van der Waals surface area contributed by atoms with Crippen molar-refractivity contribution in [2.24, 2.45) is 4.99 Å². The lowest BCUT2D eigenvalue weighted by Crippen LogP contribution is -2.25. The Morgan fingerprint density at radius 1 is 1.31 bits per heavy atom. The standard InChI is InChI=1S/C12H13NO3/c14-9-13-11-3-1-2-4-12(11)16-10-5-7-15-8-6-10/h1-4,10H,5-8H2. The number of nitrogens with zero attached hydrogens (tertiary/aromatic N) is 1. The molecule has 0 amide bonds. The van der Waals surface area contributed by atoms with Gasteiger partial charge >= 0.3 is 0 Å². The van der Waals surface area contributed by atoms with E-state index < -0.39 is 0 Å². The number of isocyanates is 1. The van der Waals surface area contributed by atoms with E-state index >= 15 is 0 Å². The monoisotopic (exact) mass is 219 g/mol. The third-order valence-corrected chi connectivity index (χ3v) is 2.49. The Kier molecular flexibility index (Phi) is 3.70. The Morgan fingerprint density at radius 3 is 2.81 bits per heavy atom. The zero-order valence-electron chi connectivity index (χ0n) is 8.89. The van der Waals surface area contributed by atoms with Gasteiger partial charge in [-0.05, 0) is 12.1 Å². The van der Waals surface area contributed by atoms with Crippen molar-refractivity contribution in [1.82, 2.24) is 0 Å². The predicted molar refractivity (Wildman–Crippen MR) is 58.7 cm³/mol. The van der Waals surface area contributed by atoms with Gasteiger partial charge in [-0.25, -0.2) is 4.79 Å². The van der Waals surface area contributed by atoms with E-state index in [-0.39, 0.29) is 6.10 Å². The molecule has 4 heteroatoms. The van der Waals surface area contributed by atoms with Crippen LogP contribution in [0.1, 0.15) is 12.8 Å². The predicted octanol–water partition coefficient (Wildman–Crippen LogP) is 2.21. The van der Waals surface area contributed by atoms with Gasteiger partial charge in [0.2, 0.25) is 6.08 Å². The number of carbonyl (C=O) groups excluding carboxylic acids is 1. The minimum atomic E-state index is 0.150. The molecule has 1 heterocycles. The summed E-state index contributed by atoms with van der Waals surface area (Å²) in [6, 6.07) is 7.22. The lowest BCUT2D eigenvalue weighted by atomic mass is 10.1. The summed E-state index contributed by atoms with van der Waals surface area (Å²) < 4.78 is 11.0. The molecule has 0 unspecified atom stereocenters. The number of para-hydroxylation sites is 2. The van der Waals surface area contributed by atoms with Gasteiger partial charge in [-0.15, -0.1) is 0 Å². The van der Waals surface area contributed by atoms with Crippen LogP contribution in [0, 0.1) is 0 Å². The lowest BCUT2D eigenvalue weighted by Gasteiger charge is -2.23. The molecule has 2 rings (SSSR count). The number of hydrogen-bond acceptors (Lipinski definition) is 4. The third-order valence-electron chi connectivity index (χ3n) is 2.49. The minimum Gasteiger partial charge on any atom is -0.488 e. The van der Waals surface area contributed by atoms with Gasteiger partial charge in [-0.2, -0.15) is 4.99 Å². The molecule has 0 bridgehead atoms. The van der Waals surface area contributed by atoms with Gasteiger partial charge in [0.25, 0.3) is 0 Å². The van der Waals surface area contributed by atoms with Crippen LogP contribution in [0.2, 0.25) is 0 Å². The second-order valence-corrected chi connectivity index (χ2v) is 3.60. The highest BCUT2D eigenvalue weighted by Gasteiger charge is 2.16. The fourth-order valence-corrected chi connectivity index (χ4v) is 1.67. The molecule has 16 heavy (non-hydrogen) atoms. The van der Waals surface area contributed by atoms with Crippen LogP contribution in [0.25, 0.3) is 0 Å². The van der Waals surface area contributed by atoms with Gasteiger partial charge in [-0.1, -0.05) is 12.1 Å². The van der Waals surface area contributed by atoms with E-state index in [1.807, 2.05) is 18.2 Å². The first-order chi connectivity index (χ1) is 7.90. The third kappa shape index (κ3) is 2.69. The SMILES string of the molecule is O=C=Nc1ccccc1OC1CCOCC1. The molecule has 0 radical (unpaired) electrons. The summed E-state index contributed by atoms with van der Waals surface area (Å²) in [5, 5.41) is 0. The van der Waals surface area contributed by atoms with Crippen molar-refractivity contribution in [3.8, 4) is 5.75 Å². The van der Waals surface area contributed by atoms with Crippen molar-refractivity contribution in [1.29, 1.82) is 0 Å². The quantitative estimate of drug-likeness (QED) is 0.578. The van der Waals surface area contributed by atoms with Crippen LogP contribution < -0.4 is 4.74 Å². The summed E-state index contributed by atoms with van der Waals surface area (Å²) in [7, 11) is 0. The van der Waals surface area contributed by atoms with Gasteiger partial charge in [0, 0.05) is 12.8 Å². The highest BCUT2D eigenvalue weighted by atomic mass is 16.5. The molecule has 1 aliphatic rings. The summed E-state index contributed by atoms with van der Waals surface area (Å²) in [6.07, 6.45) is 3.43. The number of rotatable bonds is 3. The molecular formula is C12H13NO3. The van der Waals surface area contributed by atoms with Crippen molar-refractivity contribution >= 4 is 11.8 Å². The number of ether oxygens (including phenoxy) is 2. The highest BCUT2D eigenvalue weighted by molar-refractivity contribution is 5.57. The van der Waals surface area contributed by atoms with E-state index in [9.17, 15) is 4.79 Å². The second-order valence-electron chi connectivity index (χ2n) is 3.60. The van der Waals surface area contributed by atoms with Crippen molar-refractivity contribution in [2.45, 2.75) is 18.9 Å². The van der Waals surface area contributed by atoms with Crippen molar-refractivity contribution in [2.75, 3.05) is 13.2 Å². The maximum absolute atomic E-state index is 10.3. The van der Waals surface area contributed by atoms with Crippen molar-refractivity contribution < 1.29 is 14.3 Å². The molecular weight excluding hydrogens is 206 g/mol. The van der Waals surface area contributed by atoms with Gasteiger partial charge in [0.1, 0.15) is 17.5 Å². The Labute approximate surface area is 93.9 Å². The number of aliphatic imine (C=N–C) groups is 1. The zero-order valence-corrected chi connectivity index (χ0v) is 8.89. The molecule has 0 saturated carbocycles. The van der Waals surface area contributed by atoms with Crippen molar-refractivity contribution in [3.63, 3.8) is 0 Å². The highest BCUT2D eigenvalue weighted by Crippen LogP contribution is 2.28. The maximum atomic E-state index is 10.3. The second kappa shape index (κ2) is 5.45. The van der Waals surface area contributed by atoms with Crippen LogP contribution in [-0.4, -0.2) is 25.4 Å². The summed E-state index contributed by atoms with van der Waals surface area (Å²) >= 11 is 0. The number of benzene rings is 1. The topological polar surface area (TPSA) is 47.9 Å². The fraction of sp³-hybridized carbons (Fsp3) is 0.417. The summed E-state index contributed by atoms with van der Waals surface area (Å²) in [6.45, 7) is 1.45. The van der Waals surface area contributed by atoms with E-state index in [1.54, 1.807) is 6.07 Å². The molecule has 0 aliphatic carbocycles. The Hall–Kier alpha value is -1.64. The minimum absolute atomic E-state index is 0.150. The molecule has 0 aromatic heterocycles. The Morgan fingerprint density at radius 2 is 2.06 bits per heavy atom. The van der Waals surface area contributed by atoms with Crippen LogP contribution in [0.15, 0.2) is 29.3 Å². The molecule has 1 fully saturated rings. The van der Waals surface area contributed by atoms with E-state index in [4.69, 9.17) is 9.47 Å². The fourth-order valence-electron chi connectivity index (χ4n) is 1.67. The molecule has 0 atom stereocenters. The van der Waals surface area contributed by atoms with Crippen LogP contribution in [0.5, 0.6) is 5.75 Å². The Balaban J connectivity index is 2.10. The number of hydrogen-bond donors (Lipinski definition) is 0. The lowest BCUT2D eigenvalue weighted by molar-refractivity contribution is 0.0258. The van der Waals surface area contributed by atoms with Crippen molar-refractivity contribution in [3.05, 3.63) is 24.3 Å². The van der Waals surface area contributed by atoms with E-state index in [1.165, 1.54) is 6.08 Å². The van der Waals surface area contributed by atoms with E-state index in [0.717, 1.165) is 26.1 Å². The Bertz CT molecular complexity index is 393. The summed E-state index contributed by atoms with van der Waals surface area (Å²) in [5.41, 5.74) is 0.531. The van der Waals surface area contributed by atoms with E-state index in [0.29, 0.717) is 11.4 Å². The maximum Gasteiger partial charge on any atom is 0.240 e. The van der Waals surface area contributed by atoms with Gasteiger partial charge < -0.3 is 9.47 Å². The van der Waals surface area contributed by atoms with Crippen LogP contribution in [0.4, 0.5) is 5.69 Å². The van der Waals surface area contributed by atoms with Crippen LogP contribution in [0.3, 0.4) is 0 Å². The molecule has 1 aliphatic heterocycles. The first-order valence-corrected chi connectivity index (χ1v) is 5.31. The molecule has 1 aromatic carbocycles. The molecule has 84 valence electrons. The van der Waals surface area contributed by atoms with Gasteiger partial charge in [0.05, 0.1) is 13.2 Å². The average Bonchev–Trinajstić information content (AvgIpc) is 2.33. The first kappa shape index (κ1) is 10.9. The first-order valence-electron chi connectivity index (χ1n) is 5.31. The van der Waals surface area contributed by atoms with Gasteiger partial charge in [0.15, 0.2) is 0 Å². The summed E-state index contributed by atoms with van der Waals surface area (Å²) in [5.74, 6) is 0.637. The molecule has 1 aromatic rings. The smallest absolute Gasteiger partial charge is 0.240 e. The molecule has 0 N–H and O–H groups in total. The largest absolute Gasteiger partial charge is 0.488 e. The molecule has 4 nitrogen and oxygen atoms in total. The van der Waals surface area contributed by atoms with Crippen LogP contribution >= 0.6 is 0 Å². The van der Waals surface area contributed by atoms with Gasteiger partial charge in [-0.3, -0.25) is 0 Å². The van der Waals surface area contributed by atoms with Crippen LogP contribution in [-0.2, 0) is 9.53 Å². The summed E-state index contributed by atoms with van der Waals surface area (Å²) in [4.78, 5) is 13.9. The molecule has 1 saturated heterocycles. The zero-order chi connectivity index (χ0) is 11.2.